The summed E-state index contributed by atoms with van der Waals surface area (Å²) >= 11 is 0. The van der Waals surface area contributed by atoms with Crippen molar-refractivity contribution in [1.29, 1.82) is 0 Å². The van der Waals surface area contributed by atoms with Gasteiger partial charge in [0.25, 0.3) is 11.6 Å². The average molecular weight is 356 g/mol. The number of amides is 1. The highest BCUT2D eigenvalue weighted by atomic mass is 16.6. The number of unbranched alkanes of at least 4 members (excludes halogenated alkanes) is 1. The number of carbonyl (C=O) groups is 2. The first kappa shape index (κ1) is 19.1. The molecule has 26 heavy (non-hydrogen) atoms. The predicted molar refractivity (Wildman–Crippen MR) is 97.4 cm³/mol. The number of nitro benzene ring substituents is 1. The standard InChI is InChI=1S/C19H20N2O5/c1-3-4-12-26-19(23)14-8-10-15(11-9-14)20-18(22)16-7-5-6-13(2)17(16)21(24)25/h5-11H,3-4,12H2,1-2H3,(H,20,22). The van der Waals surface area contributed by atoms with E-state index in [0.29, 0.717) is 23.4 Å². The fourth-order valence-electron chi connectivity index (χ4n) is 2.37. The van der Waals surface area contributed by atoms with E-state index in [9.17, 15) is 19.7 Å². The molecule has 7 nitrogen and oxygen atoms in total. The van der Waals surface area contributed by atoms with Gasteiger partial charge >= 0.3 is 5.97 Å². The van der Waals surface area contributed by atoms with Crippen molar-refractivity contribution in [2.75, 3.05) is 11.9 Å². The quantitative estimate of drug-likeness (QED) is 0.348. The van der Waals surface area contributed by atoms with Crippen molar-refractivity contribution in [2.45, 2.75) is 26.7 Å². The molecule has 1 amide bonds. The molecule has 2 aromatic carbocycles. The topological polar surface area (TPSA) is 98.5 Å². The van der Waals surface area contributed by atoms with Gasteiger partial charge in [0.05, 0.1) is 17.1 Å². The van der Waals surface area contributed by atoms with Gasteiger partial charge in [0.2, 0.25) is 0 Å². The number of nitrogens with zero attached hydrogens (tertiary/aromatic N) is 1. The van der Waals surface area contributed by atoms with Crippen molar-refractivity contribution >= 4 is 23.3 Å². The summed E-state index contributed by atoms with van der Waals surface area (Å²) in [4.78, 5) is 34.9. The van der Waals surface area contributed by atoms with Crippen molar-refractivity contribution in [3.8, 4) is 0 Å². The number of hydrogen-bond acceptors (Lipinski definition) is 5. The van der Waals surface area contributed by atoms with Crippen LogP contribution in [0.4, 0.5) is 11.4 Å². The van der Waals surface area contributed by atoms with Crippen LogP contribution in [-0.2, 0) is 4.74 Å². The molecule has 7 heteroatoms. The zero-order valence-electron chi connectivity index (χ0n) is 14.7. The predicted octanol–water partition coefficient (Wildman–Crippen LogP) is 4.11. The zero-order valence-corrected chi connectivity index (χ0v) is 14.7. The smallest absolute Gasteiger partial charge is 0.338 e. The summed E-state index contributed by atoms with van der Waals surface area (Å²) in [5, 5.41) is 13.8. The number of aryl methyl sites for hydroxylation is 1. The minimum absolute atomic E-state index is 0.0157. The van der Waals surface area contributed by atoms with Crippen LogP contribution in [0.3, 0.4) is 0 Å². The molecule has 136 valence electrons. The highest BCUT2D eigenvalue weighted by molar-refractivity contribution is 6.07. The van der Waals surface area contributed by atoms with Crippen LogP contribution in [0.5, 0.6) is 0 Å². The molecule has 0 heterocycles. The lowest BCUT2D eigenvalue weighted by molar-refractivity contribution is -0.385. The number of benzene rings is 2. The third kappa shape index (κ3) is 4.66. The van der Waals surface area contributed by atoms with E-state index >= 15 is 0 Å². The van der Waals surface area contributed by atoms with E-state index in [1.54, 1.807) is 31.2 Å². The lowest BCUT2D eigenvalue weighted by Crippen LogP contribution is -2.14. The average Bonchev–Trinajstić information content (AvgIpc) is 2.61. The normalized spacial score (nSPS) is 10.2. The molecular formula is C19H20N2O5. The lowest BCUT2D eigenvalue weighted by atomic mass is 10.1. The van der Waals surface area contributed by atoms with Crippen molar-refractivity contribution in [2.24, 2.45) is 0 Å². The zero-order chi connectivity index (χ0) is 19.1. The van der Waals surface area contributed by atoms with E-state index in [2.05, 4.69) is 5.32 Å². The molecule has 0 spiro atoms. The molecule has 0 aliphatic carbocycles. The van der Waals surface area contributed by atoms with Crippen LogP contribution in [0, 0.1) is 17.0 Å². The Kier molecular flexibility index (Phi) is 6.43. The number of esters is 1. The van der Waals surface area contributed by atoms with Crippen molar-refractivity contribution in [3.63, 3.8) is 0 Å². The molecule has 0 saturated heterocycles. The summed E-state index contributed by atoms with van der Waals surface area (Å²) in [6.45, 7) is 3.95. The maximum absolute atomic E-state index is 12.4. The van der Waals surface area contributed by atoms with Gasteiger partial charge in [-0.1, -0.05) is 25.5 Å². The Labute approximate surface area is 151 Å². The SMILES string of the molecule is CCCCOC(=O)c1ccc(NC(=O)c2cccc(C)c2[N+](=O)[O-])cc1. The van der Waals surface area contributed by atoms with E-state index in [1.165, 1.54) is 18.2 Å². The van der Waals surface area contributed by atoms with Gasteiger partial charge in [-0.2, -0.15) is 0 Å². The van der Waals surface area contributed by atoms with Crippen molar-refractivity contribution < 1.29 is 19.2 Å². The van der Waals surface area contributed by atoms with Gasteiger partial charge in [-0.3, -0.25) is 14.9 Å². The van der Waals surface area contributed by atoms with Gasteiger partial charge < -0.3 is 10.1 Å². The summed E-state index contributed by atoms with van der Waals surface area (Å²) in [7, 11) is 0. The molecule has 2 aromatic rings. The molecular weight excluding hydrogens is 336 g/mol. The van der Waals surface area contributed by atoms with E-state index in [0.717, 1.165) is 12.8 Å². The second-order valence-corrected chi connectivity index (χ2v) is 5.75. The number of hydrogen-bond donors (Lipinski definition) is 1. The van der Waals surface area contributed by atoms with Crippen LogP contribution in [0.25, 0.3) is 0 Å². The second kappa shape index (κ2) is 8.75. The summed E-state index contributed by atoms with van der Waals surface area (Å²) in [5.74, 6) is -1.01. The highest BCUT2D eigenvalue weighted by Gasteiger charge is 2.22. The summed E-state index contributed by atoms with van der Waals surface area (Å²) in [6.07, 6.45) is 1.73. The Hall–Kier alpha value is -3.22. The van der Waals surface area contributed by atoms with Gasteiger partial charge in [-0.15, -0.1) is 0 Å². The third-order valence-electron chi connectivity index (χ3n) is 3.77. The van der Waals surface area contributed by atoms with E-state index in [-0.39, 0.29) is 11.3 Å². The second-order valence-electron chi connectivity index (χ2n) is 5.75. The molecule has 2 rings (SSSR count). The molecule has 0 aliphatic heterocycles. The Bertz CT molecular complexity index is 815. The molecule has 0 radical (unpaired) electrons. The third-order valence-corrected chi connectivity index (χ3v) is 3.77. The number of nitro groups is 1. The van der Waals surface area contributed by atoms with Crippen LogP contribution in [0.1, 0.15) is 46.0 Å². The van der Waals surface area contributed by atoms with E-state index in [4.69, 9.17) is 4.74 Å². The fraction of sp³-hybridized carbons (Fsp3) is 0.263. The molecule has 0 unspecified atom stereocenters. The highest BCUT2D eigenvalue weighted by Crippen LogP contribution is 2.24. The lowest BCUT2D eigenvalue weighted by Gasteiger charge is -2.08. The molecule has 0 saturated carbocycles. The number of carbonyl (C=O) groups excluding carboxylic acids is 2. The molecule has 0 aliphatic rings. The largest absolute Gasteiger partial charge is 0.462 e. The van der Waals surface area contributed by atoms with Gasteiger partial charge in [-0.25, -0.2) is 4.79 Å². The molecule has 0 aromatic heterocycles. The Balaban J connectivity index is 2.10. The van der Waals surface area contributed by atoms with Gasteiger partial charge in [-0.05, 0) is 43.7 Å². The summed E-state index contributed by atoms with van der Waals surface area (Å²) in [6, 6.07) is 10.7. The van der Waals surface area contributed by atoms with Crippen molar-refractivity contribution in [3.05, 3.63) is 69.3 Å². The monoisotopic (exact) mass is 356 g/mol. The minimum Gasteiger partial charge on any atom is -0.462 e. The van der Waals surface area contributed by atoms with Crippen LogP contribution in [0.15, 0.2) is 42.5 Å². The number of ether oxygens (including phenoxy) is 1. The summed E-state index contributed by atoms with van der Waals surface area (Å²) in [5.41, 5.74) is 0.976. The molecule has 0 fully saturated rings. The first-order valence-electron chi connectivity index (χ1n) is 8.26. The first-order chi connectivity index (χ1) is 12.4. The Morgan fingerprint density at radius 2 is 1.85 bits per heavy atom. The van der Waals surface area contributed by atoms with Crippen molar-refractivity contribution in [1.82, 2.24) is 0 Å². The van der Waals surface area contributed by atoms with E-state index in [1.807, 2.05) is 6.92 Å². The molecule has 0 bridgehead atoms. The number of rotatable bonds is 7. The maximum Gasteiger partial charge on any atom is 0.338 e. The fourth-order valence-corrected chi connectivity index (χ4v) is 2.37. The number of anilines is 1. The molecule has 0 atom stereocenters. The van der Waals surface area contributed by atoms with Gasteiger partial charge in [0, 0.05) is 11.3 Å². The Morgan fingerprint density at radius 1 is 1.15 bits per heavy atom. The minimum atomic E-state index is -0.585. The first-order valence-corrected chi connectivity index (χ1v) is 8.26. The van der Waals surface area contributed by atoms with Crippen LogP contribution in [-0.4, -0.2) is 23.4 Å². The number of para-hydroxylation sites is 1. The van der Waals surface area contributed by atoms with Crippen LogP contribution >= 0.6 is 0 Å². The van der Waals surface area contributed by atoms with E-state index < -0.39 is 16.8 Å². The Morgan fingerprint density at radius 3 is 2.46 bits per heavy atom. The van der Waals surface area contributed by atoms with Crippen LogP contribution < -0.4 is 5.32 Å². The summed E-state index contributed by atoms with van der Waals surface area (Å²) < 4.78 is 5.11. The maximum atomic E-state index is 12.4. The van der Waals surface area contributed by atoms with Gasteiger partial charge in [0.15, 0.2) is 0 Å². The van der Waals surface area contributed by atoms with Gasteiger partial charge in [0.1, 0.15) is 5.56 Å². The van der Waals surface area contributed by atoms with Crippen LogP contribution in [0.2, 0.25) is 0 Å². The number of nitrogens with one attached hydrogen (secondary N) is 1. The molecule has 1 N–H and O–H groups in total.